The molecule has 158 valence electrons. The number of halogens is 3. The van der Waals surface area contributed by atoms with Crippen LogP contribution in [0.5, 0.6) is 5.88 Å². The number of pyridine rings is 2. The molecule has 0 spiro atoms. The quantitative estimate of drug-likeness (QED) is 0.635. The molecule has 0 bridgehead atoms. The molecule has 4 rings (SSSR count). The van der Waals surface area contributed by atoms with Gasteiger partial charge < -0.3 is 10.1 Å². The molecule has 0 saturated heterocycles. The van der Waals surface area contributed by atoms with Gasteiger partial charge in [0.1, 0.15) is 5.69 Å². The summed E-state index contributed by atoms with van der Waals surface area (Å²) in [6, 6.07) is 3.54. The minimum atomic E-state index is -4.41. The summed E-state index contributed by atoms with van der Waals surface area (Å²) in [7, 11) is 0. The third kappa shape index (κ3) is 4.52. The number of amides is 1. The van der Waals surface area contributed by atoms with E-state index < -0.39 is 12.8 Å². The van der Waals surface area contributed by atoms with Crippen molar-refractivity contribution < 1.29 is 22.7 Å². The lowest BCUT2D eigenvalue weighted by molar-refractivity contribution is -0.154. The van der Waals surface area contributed by atoms with Crippen LogP contribution in [-0.2, 0) is 6.54 Å². The molecular weight excluding hydrogens is 399 g/mol. The van der Waals surface area contributed by atoms with Crippen molar-refractivity contribution >= 4 is 16.8 Å². The summed E-state index contributed by atoms with van der Waals surface area (Å²) in [6.07, 6.45) is 2.15. The predicted octanol–water partition coefficient (Wildman–Crippen LogP) is 3.44. The Bertz CT molecular complexity index is 1080. The van der Waals surface area contributed by atoms with E-state index in [2.05, 4.69) is 20.4 Å². The fourth-order valence-electron chi connectivity index (χ4n) is 3.25. The summed E-state index contributed by atoms with van der Waals surface area (Å²) in [4.78, 5) is 20.5. The summed E-state index contributed by atoms with van der Waals surface area (Å²) in [5.74, 6) is -0.0654. The first kappa shape index (κ1) is 20.1. The second-order valence-corrected chi connectivity index (χ2v) is 7.19. The van der Waals surface area contributed by atoms with Gasteiger partial charge in [-0.15, -0.1) is 0 Å². The Morgan fingerprint density at radius 1 is 1.33 bits per heavy atom. The number of nitrogens with one attached hydrogen (secondary N) is 1. The molecule has 10 heteroatoms. The monoisotopic (exact) mass is 419 g/mol. The highest BCUT2D eigenvalue weighted by molar-refractivity contribution is 6.04. The van der Waals surface area contributed by atoms with Crippen molar-refractivity contribution in [3.05, 3.63) is 47.5 Å². The molecule has 1 amide bonds. The Hall–Kier alpha value is -3.17. The summed E-state index contributed by atoms with van der Waals surface area (Å²) >= 11 is 0. The smallest absolute Gasteiger partial charge is 0.422 e. The number of aromatic nitrogens is 4. The Balaban J connectivity index is 1.58. The van der Waals surface area contributed by atoms with E-state index in [1.165, 1.54) is 12.4 Å². The highest BCUT2D eigenvalue weighted by Gasteiger charge is 2.32. The van der Waals surface area contributed by atoms with Crippen molar-refractivity contribution in [2.75, 3.05) is 13.2 Å². The molecule has 1 fully saturated rings. The number of ether oxygens (including phenoxy) is 1. The van der Waals surface area contributed by atoms with E-state index in [-0.39, 0.29) is 17.7 Å². The number of rotatable bonds is 7. The van der Waals surface area contributed by atoms with Gasteiger partial charge in [-0.2, -0.15) is 18.3 Å². The van der Waals surface area contributed by atoms with Gasteiger partial charge in [-0.25, -0.2) is 4.98 Å². The van der Waals surface area contributed by atoms with E-state index in [4.69, 9.17) is 4.74 Å². The number of carbonyl (C=O) groups is 1. The number of hydrogen-bond donors (Lipinski definition) is 1. The number of nitrogens with zero attached hydrogens (tertiary/aromatic N) is 4. The first-order valence-electron chi connectivity index (χ1n) is 9.63. The van der Waals surface area contributed by atoms with Gasteiger partial charge >= 0.3 is 6.18 Å². The molecule has 3 aromatic rings. The molecule has 0 radical (unpaired) electrons. The Morgan fingerprint density at radius 2 is 2.13 bits per heavy atom. The maximum absolute atomic E-state index is 12.5. The van der Waals surface area contributed by atoms with Gasteiger partial charge in [-0.3, -0.25) is 14.5 Å². The highest BCUT2D eigenvalue weighted by Crippen LogP contribution is 2.44. The first-order valence-corrected chi connectivity index (χ1v) is 9.63. The molecule has 0 atom stereocenters. The fraction of sp³-hybridized carbons (Fsp3) is 0.400. The molecular formula is C20H20F3N5O2. The Morgan fingerprint density at radius 3 is 2.83 bits per heavy atom. The maximum atomic E-state index is 12.5. The second-order valence-electron chi connectivity index (χ2n) is 7.19. The lowest BCUT2D eigenvalue weighted by Crippen LogP contribution is -2.23. The summed E-state index contributed by atoms with van der Waals surface area (Å²) in [5.41, 5.74) is 2.41. The van der Waals surface area contributed by atoms with Gasteiger partial charge in [-0.05, 0) is 43.4 Å². The third-order valence-corrected chi connectivity index (χ3v) is 4.70. The minimum absolute atomic E-state index is 0.0342. The van der Waals surface area contributed by atoms with E-state index in [9.17, 15) is 18.0 Å². The largest absolute Gasteiger partial charge is 0.468 e. The van der Waals surface area contributed by atoms with Crippen LogP contribution in [0.1, 0.15) is 47.3 Å². The third-order valence-electron chi connectivity index (χ3n) is 4.70. The molecule has 0 unspecified atom stereocenters. The molecule has 0 aliphatic heterocycles. The Labute approximate surface area is 170 Å². The molecule has 3 heterocycles. The summed E-state index contributed by atoms with van der Waals surface area (Å²) < 4.78 is 44.1. The van der Waals surface area contributed by atoms with E-state index >= 15 is 0 Å². The fourth-order valence-corrected chi connectivity index (χ4v) is 3.25. The van der Waals surface area contributed by atoms with Crippen LogP contribution in [0.3, 0.4) is 0 Å². The van der Waals surface area contributed by atoms with Crippen LogP contribution in [0.25, 0.3) is 10.9 Å². The van der Waals surface area contributed by atoms with Gasteiger partial charge in [0, 0.05) is 30.7 Å². The lowest BCUT2D eigenvalue weighted by atomic mass is 10.1. The minimum Gasteiger partial charge on any atom is -0.468 e. The van der Waals surface area contributed by atoms with E-state index in [1.54, 1.807) is 16.9 Å². The van der Waals surface area contributed by atoms with Crippen molar-refractivity contribution in [3.63, 3.8) is 0 Å². The number of carbonyl (C=O) groups excluding carboxylic acids is 1. The maximum Gasteiger partial charge on any atom is 0.422 e. The molecule has 1 N–H and O–H groups in total. The van der Waals surface area contributed by atoms with E-state index in [1.807, 2.05) is 13.0 Å². The lowest BCUT2D eigenvalue weighted by Gasteiger charge is -2.13. The van der Waals surface area contributed by atoms with Crippen LogP contribution in [0.4, 0.5) is 13.2 Å². The zero-order chi connectivity index (χ0) is 21.3. The number of hydrogen-bond acceptors (Lipinski definition) is 5. The van der Waals surface area contributed by atoms with Crippen LogP contribution in [0.15, 0.2) is 30.7 Å². The van der Waals surface area contributed by atoms with Gasteiger partial charge in [0.15, 0.2) is 6.61 Å². The van der Waals surface area contributed by atoms with Crippen molar-refractivity contribution in [1.29, 1.82) is 0 Å². The average molecular weight is 419 g/mol. The van der Waals surface area contributed by atoms with Crippen molar-refractivity contribution in [2.45, 2.75) is 38.4 Å². The summed E-state index contributed by atoms with van der Waals surface area (Å²) in [5, 5.41) is 7.84. The van der Waals surface area contributed by atoms with Crippen LogP contribution < -0.4 is 10.1 Å². The molecule has 30 heavy (non-hydrogen) atoms. The standard InChI is InChI=1S/C20H20F3N5O2/c1-2-24-18(29)17-15-10-28(27-16(15)5-6-25-17)9-12-7-14(13-3-4-13)19(26-8-12)30-11-20(21,22)23/h5-8,10,13H,2-4,9,11H2,1H3,(H,24,29). The second kappa shape index (κ2) is 7.92. The van der Waals surface area contributed by atoms with E-state index in [0.717, 1.165) is 18.4 Å². The highest BCUT2D eigenvalue weighted by atomic mass is 19.4. The molecule has 3 aromatic heterocycles. The van der Waals surface area contributed by atoms with Gasteiger partial charge in [0.25, 0.3) is 5.91 Å². The van der Waals surface area contributed by atoms with Gasteiger partial charge in [0.2, 0.25) is 5.88 Å². The molecule has 1 saturated carbocycles. The van der Waals surface area contributed by atoms with Crippen LogP contribution in [0.2, 0.25) is 0 Å². The van der Waals surface area contributed by atoms with Crippen LogP contribution in [-0.4, -0.2) is 45.0 Å². The van der Waals surface area contributed by atoms with Crippen LogP contribution in [0, 0.1) is 0 Å². The zero-order valence-electron chi connectivity index (χ0n) is 16.2. The average Bonchev–Trinajstić information content (AvgIpc) is 3.45. The number of fused-ring (bicyclic) bond motifs is 1. The SMILES string of the molecule is CCNC(=O)c1nccc2nn(Cc3cnc(OCC(F)(F)F)c(C4CC4)c3)cc12. The van der Waals surface area contributed by atoms with Crippen molar-refractivity contribution in [3.8, 4) is 5.88 Å². The van der Waals surface area contributed by atoms with Gasteiger partial charge in [-0.1, -0.05) is 0 Å². The molecule has 1 aliphatic carbocycles. The van der Waals surface area contributed by atoms with Crippen LogP contribution >= 0.6 is 0 Å². The topological polar surface area (TPSA) is 81.9 Å². The Kier molecular flexibility index (Phi) is 5.31. The van der Waals surface area contributed by atoms with Crippen molar-refractivity contribution in [1.82, 2.24) is 25.1 Å². The number of alkyl halides is 3. The summed E-state index contributed by atoms with van der Waals surface area (Å²) in [6.45, 7) is 1.31. The zero-order valence-corrected chi connectivity index (χ0v) is 16.2. The molecule has 0 aromatic carbocycles. The molecule has 1 aliphatic rings. The molecule has 7 nitrogen and oxygen atoms in total. The normalized spacial score (nSPS) is 14.1. The predicted molar refractivity (Wildman–Crippen MR) is 102 cm³/mol. The van der Waals surface area contributed by atoms with Crippen molar-refractivity contribution in [2.24, 2.45) is 0 Å². The van der Waals surface area contributed by atoms with Gasteiger partial charge in [0.05, 0.1) is 17.4 Å². The van der Waals surface area contributed by atoms with E-state index in [0.29, 0.717) is 35.2 Å². The first-order chi connectivity index (χ1) is 14.3.